The van der Waals surface area contributed by atoms with Crippen LogP contribution in [0.25, 0.3) is 11.1 Å². The first kappa shape index (κ1) is 33.2. The molecule has 1 saturated carbocycles. The molecule has 13 heteroatoms. The predicted octanol–water partition coefficient (Wildman–Crippen LogP) is 5.55. The van der Waals surface area contributed by atoms with Crippen molar-refractivity contribution in [2.24, 2.45) is 11.0 Å². The number of phenolic OH excluding ortho intramolecular Hbond substituents is 1. The summed E-state index contributed by atoms with van der Waals surface area (Å²) < 4.78 is 5.71. The summed E-state index contributed by atoms with van der Waals surface area (Å²) in [6, 6.07) is 19.6. The Morgan fingerprint density at radius 3 is 2.30 bits per heavy atom. The molecule has 1 aliphatic carbocycles. The van der Waals surface area contributed by atoms with Crippen molar-refractivity contribution >= 4 is 28.8 Å². The summed E-state index contributed by atoms with van der Waals surface area (Å²) in [5, 5.41) is 26.8. The monoisotopic (exact) mass is 806 g/mol. The molecule has 1 amide bonds. The van der Waals surface area contributed by atoms with Crippen molar-refractivity contribution in [2.75, 3.05) is 35.9 Å². The van der Waals surface area contributed by atoms with Crippen molar-refractivity contribution < 1.29 is 45.8 Å². The number of amides is 1. The SMILES string of the molecule is CN(C(=O)/C=C/CN(C)C1CC1)c1cccc(NC(=[N-])/C(=C(\[NH-])N)N(N=O)c2ccc(Oc3ccc(O)cc3)cc2)c1.[U+2]. The Labute approximate surface area is 273 Å². The molecule has 0 bridgehead atoms. The average molecular weight is 807 g/mol. The molecule has 3 aromatic rings. The number of anilines is 3. The quantitative estimate of drug-likeness (QED) is 0.0705. The summed E-state index contributed by atoms with van der Waals surface area (Å²) >= 11 is 0. The molecule has 0 aromatic heterocycles. The molecule has 1 aliphatic rings. The molecule has 0 saturated heterocycles. The van der Waals surface area contributed by atoms with Crippen molar-refractivity contribution in [3.8, 4) is 17.2 Å². The van der Waals surface area contributed by atoms with E-state index in [4.69, 9.17) is 16.2 Å². The minimum Gasteiger partial charge on any atom is -0.508 e. The Hall–Kier alpha value is -4.31. The fraction of sp³-hybridized carbons (Fsp3) is 0.200. The van der Waals surface area contributed by atoms with Crippen LogP contribution in [0, 0.1) is 36.0 Å². The van der Waals surface area contributed by atoms with E-state index in [1.807, 2.05) is 13.1 Å². The number of ether oxygens (including phenoxy) is 1. The number of hydrogen-bond donors (Lipinski definition) is 3. The van der Waals surface area contributed by atoms with Crippen molar-refractivity contribution in [3.05, 3.63) is 113 Å². The minimum absolute atomic E-state index is 0. The molecule has 220 valence electrons. The van der Waals surface area contributed by atoms with Gasteiger partial charge in [0.05, 0.1) is 16.7 Å². The second-order valence-corrected chi connectivity index (χ2v) is 9.74. The fourth-order valence-electron chi connectivity index (χ4n) is 4.08. The average Bonchev–Trinajstić information content (AvgIpc) is 3.83. The molecule has 4 rings (SSSR count). The molecular formula is C30H32N8O4U. The zero-order valence-electron chi connectivity index (χ0n) is 23.8. The summed E-state index contributed by atoms with van der Waals surface area (Å²) in [5.74, 6) is -0.395. The van der Waals surface area contributed by atoms with Gasteiger partial charge in [-0.25, -0.2) is 0 Å². The maximum absolute atomic E-state index is 12.7. The molecule has 12 nitrogen and oxygen atoms in total. The topological polar surface area (TPSA) is 170 Å². The molecule has 0 atom stereocenters. The van der Waals surface area contributed by atoms with E-state index in [2.05, 4.69) is 15.5 Å². The van der Waals surface area contributed by atoms with Gasteiger partial charge in [-0.05, 0) is 97.9 Å². The first-order valence-corrected chi connectivity index (χ1v) is 13.2. The van der Waals surface area contributed by atoms with Gasteiger partial charge in [0.1, 0.15) is 17.2 Å². The van der Waals surface area contributed by atoms with Crippen LogP contribution in [-0.2, 0) is 4.79 Å². The number of amidine groups is 1. The second kappa shape index (κ2) is 15.2. The Morgan fingerprint density at radius 1 is 1.09 bits per heavy atom. The number of nitrogens with zero attached hydrogens (tertiary/aromatic N) is 5. The van der Waals surface area contributed by atoms with Gasteiger partial charge in [0, 0.05) is 31.4 Å². The third-order valence-electron chi connectivity index (χ3n) is 6.58. The smallest absolute Gasteiger partial charge is 0.508 e. The minimum atomic E-state index is -0.617. The summed E-state index contributed by atoms with van der Waals surface area (Å²) in [6.07, 6.45) is 5.74. The Morgan fingerprint density at radius 2 is 1.72 bits per heavy atom. The number of nitrogens with one attached hydrogen (secondary N) is 2. The molecule has 1 fully saturated rings. The van der Waals surface area contributed by atoms with Crippen LogP contribution in [0.5, 0.6) is 17.2 Å². The number of carbonyl (C=O) groups is 1. The molecule has 0 aliphatic heterocycles. The maximum atomic E-state index is 12.7. The standard InChI is InChI=1S/C30H32N8O4.U/c1-36(21-8-9-21)18-4-7-27(40)37(2)23-6-3-5-20(19-23)34-30(33)28(29(31)32)38(35-41)22-10-14-25(15-11-22)42-26-16-12-24(39)13-17-26;/h3-7,10-17,19,21H,8-9,18H2,1-2H3,(H5-2,31,32,33,34,39);/q-2;+2/b7-4+;. The van der Waals surface area contributed by atoms with Crippen molar-refractivity contribution in [1.82, 2.24) is 4.90 Å². The van der Waals surface area contributed by atoms with Gasteiger partial charge in [-0.3, -0.25) is 9.69 Å². The van der Waals surface area contributed by atoms with E-state index < -0.39 is 11.7 Å². The van der Waals surface area contributed by atoms with E-state index >= 15 is 0 Å². The number of likely N-dealkylation sites (N-methyl/N-ethyl adjacent to an activating group) is 2. The number of carbonyl (C=O) groups excluding carboxylic acids is 1. The number of hydrogen-bond acceptors (Lipinski definition) is 7. The number of nitrogens with two attached hydrogens (primary N) is 1. The summed E-state index contributed by atoms with van der Waals surface area (Å²) in [7, 11) is 3.67. The van der Waals surface area contributed by atoms with Crippen molar-refractivity contribution in [3.63, 3.8) is 0 Å². The molecule has 0 heterocycles. The molecule has 0 radical (unpaired) electrons. The van der Waals surface area contributed by atoms with Crippen LogP contribution in [0.3, 0.4) is 0 Å². The van der Waals surface area contributed by atoms with E-state index in [0.29, 0.717) is 35.5 Å². The maximum Gasteiger partial charge on any atom is 2.00 e. The van der Waals surface area contributed by atoms with Gasteiger partial charge in [-0.2, -0.15) is 5.01 Å². The zero-order valence-corrected chi connectivity index (χ0v) is 27.9. The van der Waals surface area contributed by atoms with E-state index in [9.17, 15) is 20.2 Å². The molecular weight excluding hydrogens is 774 g/mol. The largest absolute Gasteiger partial charge is 2.00 e. The van der Waals surface area contributed by atoms with Crippen molar-refractivity contribution in [2.45, 2.75) is 18.9 Å². The van der Waals surface area contributed by atoms with Gasteiger partial charge in [-0.1, -0.05) is 18.2 Å². The number of rotatable bonds is 12. The number of benzene rings is 3. The van der Waals surface area contributed by atoms with E-state index in [1.54, 1.807) is 55.6 Å². The van der Waals surface area contributed by atoms with E-state index in [0.717, 1.165) is 5.01 Å². The molecule has 5 N–H and O–H groups in total. The summed E-state index contributed by atoms with van der Waals surface area (Å²) in [6.45, 7) is 0.688. The molecule has 0 unspecified atom stereocenters. The number of phenols is 1. The summed E-state index contributed by atoms with van der Waals surface area (Å²) in [4.78, 5) is 28.2. The van der Waals surface area contributed by atoms with Crippen LogP contribution >= 0.6 is 0 Å². The van der Waals surface area contributed by atoms with Crippen molar-refractivity contribution in [1.29, 1.82) is 0 Å². The molecule has 0 spiro atoms. The number of aromatic hydroxyl groups is 1. The third kappa shape index (κ3) is 9.09. The van der Waals surface area contributed by atoms with Gasteiger partial charge in [0.2, 0.25) is 5.91 Å². The Bertz CT molecular complexity index is 1490. The predicted molar refractivity (Wildman–Crippen MR) is 165 cm³/mol. The van der Waals surface area contributed by atoms with Gasteiger partial charge in [0.15, 0.2) is 0 Å². The first-order chi connectivity index (χ1) is 20.2. The third-order valence-corrected chi connectivity index (χ3v) is 6.58. The number of nitroso groups, excluding NO2 is 1. The van der Waals surface area contributed by atoms with E-state index in [-0.39, 0.29) is 54.2 Å². The molecule has 3 aromatic carbocycles. The van der Waals surface area contributed by atoms with Gasteiger partial charge in [0.25, 0.3) is 0 Å². The van der Waals surface area contributed by atoms with E-state index in [1.165, 1.54) is 48.1 Å². The summed E-state index contributed by atoms with van der Waals surface area (Å²) in [5.41, 5.74) is 14.5. The van der Waals surface area contributed by atoms with Crippen LogP contribution in [-0.4, -0.2) is 48.4 Å². The van der Waals surface area contributed by atoms with Gasteiger partial charge >= 0.3 is 31.1 Å². The van der Waals surface area contributed by atoms with Gasteiger partial charge < -0.3 is 36.9 Å². The first-order valence-electron chi connectivity index (χ1n) is 13.2. The van der Waals surface area contributed by atoms with Crippen LogP contribution in [0.2, 0.25) is 0 Å². The molecule has 43 heavy (non-hydrogen) atoms. The second-order valence-electron chi connectivity index (χ2n) is 9.74. The Balaban J connectivity index is 0.00000506. The van der Waals surface area contributed by atoms with Crippen LogP contribution in [0.15, 0.2) is 102 Å². The zero-order chi connectivity index (χ0) is 30.2. The normalized spacial score (nSPS) is 13.1. The van der Waals surface area contributed by atoms with Crippen LogP contribution < -0.4 is 25.7 Å². The fourth-order valence-corrected chi connectivity index (χ4v) is 4.08. The van der Waals surface area contributed by atoms with Crippen LogP contribution in [0.4, 0.5) is 17.1 Å². The Kier molecular flexibility index (Phi) is 11.8. The van der Waals surface area contributed by atoms with Gasteiger partial charge in [-0.15, -0.1) is 4.91 Å². The van der Waals surface area contributed by atoms with Crippen LogP contribution in [0.1, 0.15) is 12.8 Å².